The van der Waals surface area contributed by atoms with Gasteiger partial charge in [0.15, 0.2) is 5.82 Å². The van der Waals surface area contributed by atoms with Crippen molar-refractivity contribution in [2.24, 2.45) is 0 Å². The monoisotopic (exact) mass is 463 g/mol. The zero-order valence-corrected chi connectivity index (χ0v) is 21.3. The van der Waals surface area contributed by atoms with Crippen LogP contribution in [0.5, 0.6) is 5.75 Å². The van der Waals surface area contributed by atoms with E-state index >= 15 is 0 Å². The highest BCUT2D eigenvalue weighted by molar-refractivity contribution is 5.50. The summed E-state index contributed by atoms with van der Waals surface area (Å²) in [5.74, 6) is 1.79. The van der Waals surface area contributed by atoms with Gasteiger partial charge in [0, 0.05) is 51.6 Å². The molecule has 0 saturated carbocycles. The van der Waals surface area contributed by atoms with Crippen LogP contribution in [0.4, 0.5) is 11.4 Å². The molecule has 0 radical (unpaired) electrons. The number of anilines is 2. The summed E-state index contributed by atoms with van der Waals surface area (Å²) in [6, 6.07) is 17.1. The average molecular weight is 464 g/mol. The molecule has 1 fully saturated rings. The lowest BCUT2D eigenvalue weighted by Gasteiger charge is -2.40. The Hall–Kier alpha value is -3.13. The Morgan fingerprint density at radius 3 is 2.18 bits per heavy atom. The van der Waals surface area contributed by atoms with Crippen molar-refractivity contribution in [1.29, 1.82) is 0 Å². The van der Waals surface area contributed by atoms with E-state index in [4.69, 9.17) is 4.74 Å². The summed E-state index contributed by atoms with van der Waals surface area (Å²) in [4.78, 5) is 7.07. The molecule has 0 amide bonds. The maximum absolute atomic E-state index is 5.32. The summed E-state index contributed by atoms with van der Waals surface area (Å²) < 4.78 is 7.34. The number of hydrogen-bond donors (Lipinski definition) is 0. The highest BCUT2D eigenvalue weighted by Crippen LogP contribution is 2.33. The van der Waals surface area contributed by atoms with Gasteiger partial charge in [0.1, 0.15) is 5.75 Å². The molecule has 3 aromatic rings. The predicted octanol–water partition coefficient (Wildman–Crippen LogP) is 3.80. The third-order valence-corrected chi connectivity index (χ3v) is 7.02. The first kappa shape index (κ1) is 24.0. The summed E-state index contributed by atoms with van der Waals surface area (Å²) in [5, 5.41) is 13.1. The Balaban J connectivity index is 1.62. The van der Waals surface area contributed by atoms with Crippen molar-refractivity contribution in [3.05, 3.63) is 59.9 Å². The van der Waals surface area contributed by atoms with E-state index in [1.165, 1.54) is 16.9 Å². The van der Waals surface area contributed by atoms with Gasteiger partial charge >= 0.3 is 0 Å². The molecule has 182 valence electrons. The number of hydrogen-bond acceptors (Lipinski definition) is 7. The molecule has 2 aromatic carbocycles. The maximum Gasteiger partial charge on any atom is 0.173 e. The number of nitrogens with zero attached hydrogens (tertiary/aromatic N) is 7. The number of aromatic nitrogens is 4. The lowest BCUT2D eigenvalue weighted by Crippen LogP contribution is -2.48. The van der Waals surface area contributed by atoms with Crippen LogP contribution in [-0.4, -0.2) is 72.5 Å². The first-order chi connectivity index (χ1) is 16.3. The van der Waals surface area contributed by atoms with E-state index in [9.17, 15) is 0 Å². The lowest BCUT2D eigenvalue weighted by molar-refractivity contribution is 0.187. The van der Waals surface area contributed by atoms with Crippen LogP contribution in [0.3, 0.4) is 0 Å². The molecule has 34 heavy (non-hydrogen) atoms. The van der Waals surface area contributed by atoms with Crippen molar-refractivity contribution >= 4 is 11.4 Å². The smallest absolute Gasteiger partial charge is 0.173 e. The lowest BCUT2D eigenvalue weighted by atomic mass is 9.98. The molecule has 8 heteroatoms. The second-order valence-electron chi connectivity index (χ2n) is 9.72. The molecule has 1 saturated heterocycles. The van der Waals surface area contributed by atoms with Crippen molar-refractivity contribution in [2.75, 3.05) is 57.2 Å². The zero-order chi connectivity index (χ0) is 24.3. The zero-order valence-electron chi connectivity index (χ0n) is 21.3. The molecule has 0 spiro atoms. The minimum Gasteiger partial charge on any atom is -0.497 e. The minimum atomic E-state index is -0.161. The van der Waals surface area contributed by atoms with Gasteiger partial charge in [-0.05, 0) is 72.7 Å². The molecule has 2 heterocycles. The molecule has 4 rings (SSSR count). The van der Waals surface area contributed by atoms with Gasteiger partial charge in [-0.2, -0.15) is 0 Å². The van der Waals surface area contributed by atoms with Gasteiger partial charge in [0.25, 0.3) is 0 Å². The maximum atomic E-state index is 5.32. The Labute approximate surface area is 203 Å². The molecule has 1 atom stereocenters. The molecule has 0 aliphatic carbocycles. The van der Waals surface area contributed by atoms with Crippen LogP contribution < -0.4 is 14.5 Å². The van der Waals surface area contributed by atoms with Gasteiger partial charge in [-0.25, -0.2) is 4.68 Å². The Bertz CT molecular complexity index is 1050. The summed E-state index contributed by atoms with van der Waals surface area (Å²) >= 11 is 0. The second-order valence-corrected chi connectivity index (χ2v) is 9.72. The van der Waals surface area contributed by atoms with E-state index in [1.807, 2.05) is 16.8 Å². The van der Waals surface area contributed by atoms with E-state index in [2.05, 4.69) is 101 Å². The Morgan fingerprint density at radius 2 is 1.62 bits per heavy atom. The van der Waals surface area contributed by atoms with Gasteiger partial charge in [-0.3, -0.25) is 4.90 Å². The van der Waals surface area contributed by atoms with Gasteiger partial charge in [-0.1, -0.05) is 19.1 Å². The van der Waals surface area contributed by atoms with E-state index in [-0.39, 0.29) is 11.6 Å². The Morgan fingerprint density at radius 1 is 0.971 bits per heavy atom. The van der Waals surface area contributed by atoms with Crippen molar-refractivity contribution in [3.8, 4) is 5.75 Å². The van der Waals surface area contributed by atoms with Crippen LogP contribution in [0, 0.1) is 0 Å². The summed E-state index contributed by atoms with van der Waals surface area (Å²) in [6.07, 6.45) is 0.947. The van der Waals surface area contributed by atoms with E-state index in [0.29, 0.717) is 0 Å². The summed E-state index contributed by atoms with van der Waals surface area (Å²) in [5.41, 5.74) is 3.46. The SMILES string of the molecule is CCC(C)(C)n1nnnc1C(c1ccc(N(C)C)cc1)N1CCN(c2ccc(OC)cc2)CC1. The number of rotatable bonds is 8. The van der Waals surface area contributed by atoms with E-state index in [0.717, 1.165) is 44.2 Å². The van der Waals surface area contributed by atoms with Gasteiger partial charge in [0.05, 0.1) is 18.7 Å². The molecular formula is C26H37N7O. The third kappa shape index (κ3) is 4.87. The molecule has 8 nitrogen and oxygen atoms in total. The first-order valence-corrected chi connectivity index (χ1v) is 12.0. The summed E-state index contributed by atoms with van der Waals surface area (Å²) in [7, 11) is 5.83. The van der Waals surface area contributed by atoms with Gasteiger partial charge in [-0.15, -0.1) is 5.10 Å². The van der Waals surface area contributed by atoms with Crippen LogP contribution in [0.1, 0.15) is 44.6 Å². The minimum absolute atomic E-state index is 0.00458. The fourth-order valence-electron chi connectivity index (χ4n) is 4.45. The van der Waals surface area contributed by atoms with Crippen molar-refractivity contribution < 1.29 is 4.74 Å². The van der Waals surface area contributed by atoms with Crippen molar-refractivity contribution in [1.82, 2.24) is 25.1 Å². The average Bonchev–Trinajstić information content (AvgIpc) is 3.35. The van der Waals surface area contributed by atoms with Gasteiger partial charge in [0.2, 0.25) is 0 Å². The van der Waals surface area contributed by atoms with Crippen molar-refractivity contribution in [3.63, 3.8) is 0 Å². The second kappa shape index (κ2) is 10.0. The number of piperazine rings is 1. The topological polar surface area (TPSA) is 62.6 Å². The largest absolute Gasteiger partial charge is 0.497 e. The molecule has 0 N–H and O–H groups in total. The third-order valence-electron chi connectivity index (χ3n) is 7.02. The highest BCUT2D eigenvalue weighted by Gasteiger charge is 2.34. The van der Waals surface area contributed by atoms with Crippen LogP contribution in [0.15, 0.2) is 48.5 Å². The fraction of sp³-hybridized carbons (Fsp3) is 0.500. The standard InChI is InChI=1S/C26H37N7O/c1-7-26(2,3)33-25(27-28-29-33)24(20-8-10-21(11-9-20)30(4)5)32-18-16-31(17-19-32)22-12-14-23(34-6)15-13-22/h8-15,24H,7,16-19H2,1-6H3. The summed E-state index contributed by atoms with van der Waals surface area (Å²) in [6.45, 7) is 10.3. The molecule has 1 aliphatic rings. The predicted molar refractivity (Wildman–Crippen MR) is 137 cm³/mol. The van der Waals surface area contributed by atoms with Crippen molar-refractivity contribution in [2.45, 2.75) is 38.8 Å². The fourth-order valence-corrected chi connectivity index (χ4v) is 4.45. The quantitative estimate of drug-likeness (QED) is 0.503. The first-order valence-electron chi connectivity index (χ1n) is 12.0. The van der Waals surface area contributed by atoms with Crippen LogP contribution in [0.25, 0.3) is 0 Å². The van der Waals surface area contributed by atoms with Crippen LogP contribution in [0.2, 0.25) is 0 Å². The molecular weight excluding hydrogens is 426 g/mol. The van der Waals surface area contributed by atoms with Crippen LogP contribution >= 0.6 is 0 Å². The number of methoxy groups -OCH3 is 1. The molecule has 1 unspecified atom stereocenters. The van der Waals surface area contributed by atoms with E-state index < -0.39 is 0 Å². The van der Waals surface area contributed by atoms with Crippen LogP contribution in [-0.2, 0) is 5.54 Å². The van der Waals surface area contributed by atoms with E-state index in [1.54, 1.807) is 7.11 Å². The molecule has 0 bridgehead atoms. The van der Waals surface area contributed by atoms with Gasteiger partial charge < -0.3 is 14.5 Å². The number of ether oxygens (including phenoxy) is 1. The normalized spacial score (nSPS) is 15.9. The number of tetrazole rings is 1. The molecule has 1 aliphatic heterocycles. The molecule has 1 aromatic heterocycles. The Kier molecular flexibility index (Phi) is 7.07. The number of benzene rings is 2. The highest BCUT2D eigenvalue weighted by atomic mass is 16.5.